The van der Waals surface area contributed by atoms with Gasteiger partial charge in [0.15, 0.2) is 18.0 Å². The van der Waals surface area contributed by atoms with E-state index in [9.17, 15) is 44.1 Å². The average molecular weight is 972 g/mol. The molecule has 2 amide bonds. The number of nitrogens with one attached hydrogen (secondary N) is 1. The summed E-state index contributed by atoms with van der Waals surface area (Å²) in [5.74, 6) is -9.02. The first-order chi connectivity index (χ1) is 32.6. The second-order valence-electron chi connectivity index (χ2n) is 20.0. The molecule has 0 aromatic rings. The number of ether oxygens (including phenoxy) is 5. The highest BCUT2D eigenvalue weighted by Crippen LogP contribution is 2.37. The number of carbonyl (C=O) groups excluding carboxylic acids is 6. The van der Waals surface area contributed by atoms with E-state index in [0.29, 0.717) is 57.8 Å². The van der Waals surface area contributed by atoms with Crippen LogP contribution in [0.5, 0.6) is 0 Å². The molecule has 17 heteroatoms. The van der Waals surface area contributed by atoms with Gasteiger partial charge in [-0.05, 0) is 108 Å². The Morgan fingerprint density at radius 3 is 2.33 bits per heavy atom. The van der Waals surface area contributed by atoms with Crippen molar-refractivity contribution in [3.63, 3.8) is 0 Å². The predicted molar refractivity (Wildman–Crippen MR) is 257 cm³/mol. The zero-order valence-corrected chi connectivity index (χ0v) is 42.3. The molecule has 0 aromatic carbocycles. The van der Waals surface area contributed by atoms with Crippen LogP contribution in [0.2, 0.25) is 0 Å². The number of esters is 1. The molecule has 0 unspecified atom stereocenters. The fraction of sp³-hybridized carbons (Fsp3) is 0.731. The molecule has 4 rings (SSSR count). The van der Waals surface area contributed by atoms with Crippen molar-refractivity contribution >= 4 is 35.3 Å². The smallest absolute Gasteiger partial charge is 0.407 e. The van der Waals surface area contributed by atoms with E-state index in [1.165, 1.54) is 13.2 Å². The number of aliphatic hydroxyl groups is 3. The van der Waals surface area contributed by atoms with Gasteiger partial charge in [0.2, 0.25) is 5.79 Å². The van der Waals surface area contributed by atoms with Crippen LogP contribution in [0, 0.1) is 29.6 Å². The first kappa shape index (κ1) is 57.5. The summed E-state index contributed by atoms with van der Waals surface area (Å²) in [6, 6.07) is -2.13. The second-order valence-corrected chi connectivity index (χ2v) is 20.0. The maximum absolute atomic E-state index is 14.4. The third-order valence-corrected chi connectivity index (χ3v) is 14.5. The summed E-state index contributed by atoms with van der Waals surface area (Å²) in [6.07, 6.45) is 7.54. The number of rotatable bonds is 7. The number of Topliss-reactive ketones (excluding diaryl/α,β-unsaturated/α-hetero) is 3. The minimum Gasteiger partial charge on any atom is -0.459 e. The average Bonchev–Trinajstić information content (AvgIpc) is 3.32. The summed E-state index contributed by atoms with van der Waals surface area (Å²) in [6.45, 7) is 12.3. The third kappa shape index (κ3) is 15.7. The number of piperidine rings is 1. The lowest BCUT2D eigenvalue weighted by atomic mass is 9.80. The summed E-state index contributed by atoms with van der Waals surface area (Å²) in [4.78, 5) is 84.8. The molecule has 1 saturated carbocycles. The Balaban J connectivity index is 1.75. The fourth-order valence-corrected chi connectivity index (χ4v) is 10.1. The van der Waals surface area contributed by atoms with E-state index in [-0.39, 0.29) is 49.8 Å². The molecule has 0 spiro atoms. The van der Waals surface area contributed by atoms with Gasteiger partial charge in [-0.1, -0.05) is 64.2 Å². The number of fused-ring (bicyclic) bond motifs is 3. The summed E-state index contributed by atoms with van der Waals surface area (Å²) in [5, 5.41) is 36.5. The highest BCUT2D eigenvalue weighted by molar-refractivity contribution is 6.39. The highest BCUT2D eigenvalue weighted by atomic mass is 16.6. The van der Waals surface area contributed by atoms with E-state index in [1.54, 1.807) is 41.7 Å². The molecule has 69 heavy (non-hydrogen) atoms. The van der Waals surface area contributed by atoms with Crippen molar-refractivity contribution in [1.82, 2.24) is 10.2 Å². The largest absolute Gasteiger partial charge is 0.459 e. The molecule has 2 bridgehead atoms. The molecule has 15 atom stereocenters. The van der Waals surface area contributed by atoms with Crippen LogP contribution in [0.3, 0.4) is 0 Å². The molecule has 1 aliphatic carbocycles. The summed E-state index contributed by atoms with van der Waals surface area (Å²) in [5.41, 5.74) is 7.94. The summed E-state index contributed by atoms with van der Waals surface area (Å²) < 4.78 is 29.2. The van der Waals surface area contributed by atoms with Crippen molar-refractivity contribution in [2.24, 2.45) is 35.3 Å². The second kappa shape index (κ2) is 26.9. The SMILES string of the molecule is CCNC(=O)O[C@@H]1/C(C)=C/[C@@H](C)C(=O)C[C@@H]([C@H](N)C[C@@H]2CC[C@@H](O)[C@H](OC)C2)OC(=O)[C@@H]2CCCCN2C(=O)C(=O)[C@]2(O)O[C@@H](CC[C@H]2C)C[C@H](OC)/C(C)=C/C=C/C=C/[C@@H](C)C[C@@H](C)C(=O)[C@@H]1O. The topological polar surface area (TPSA) is 251 Å². The van der Waals surface area contributed by atoms with Crippen molar-refractivity contribution in [2.45, 2.75) is 186 Å². The maximum atomic E-state index is 14.4. The Labute approximate surface area is 408 Å². The Morgan fingerprint density at radius 1 is 0.928 bits per heavy atom. The number of ketones is 3. The number of aliphatic hydroxyl groups excluding tert-OH is 2. The Hall–Kier alpha value is -4.10. The molecule has 3 fully saturated rings. The monoisotopic (exact) mass is 972 g/mol. The van der Waals surface area contributed by atoms with E-state index in [1.807, 2.05) is 44.2 Å². The minimum absolute atomic E-state index is 0.0296. The molecule has 6 N–H and O–H groups in total. The van der Waals surface area contributed by atoms with Crippen LogP contribution in [0.25, 0.3) is 0 Å². The number of nitrogens with zero attached hydrogens (tertiary/aromatic N) is 1. The van der Waals surface area contributed by atoms with E-state index in [2.05, 4.69) is 5.32 Å². The number of hydrogen-bond acceptors (Lipinski definition) is 15. The van der Waals surface area contributed by atoms with Crippen molar-refractivity contribution in [1.29, 1.82) is 0 Å². The maximum Gasteiger partial charge on any atom is 0.407 e. The normalized spacial score (nSPS) is 38.6. The molecule has 0 aromatic heterocycles. The number of methoxy groups -OCH3 is 2. The van der Waals surface area contributed by atoms with Gasteiger partial charge in [-0.25, -0.2) is 9.59 Å². The molecular weight excluding hydrogens is 891 g/mol. The van der Waals surface area contributed by atoms with Crippen LogP contribution in [0.1, 0.15) is 126 Å². The standard InChI is InChI=1S/C52H81N3O14/c1-10-54-51(63)68-47-34(6)25-32(4)41(57)29-43(38(53)26-36-20-22-40(56)44(27-36)66-9)67-50(62)39-18-14-15-23-55(39)49(61)48(60)52(64)35(7)19-21-37(69-52)28-42(65-8)31(3)17-13-11-12-16-30(2)24-33(5)45(58)46(47)59/h11-13,16-17,25,30,32-33,35-40,42-44,46-47,56,59,64H,10,14-15,18-24,26-29,53H2,1-9H3,(H,54,63)/b13-11+,16-12+,31-17+,34-25+/t30-,32-,33-,35-,36+,37+,38-,39+,40-,42+,43+,44-,46+,47-,52-/m1/s1. The first-order valence-corrected chi connectivity index (χ1v) is 25.0. The van der Waals surface area contributed by atoms with Gasteiger partial charge in [0.05, 0.1) is 24.4 Å². The van der Waals surface area contributed by atoms with Crippen molar-refractivity contribution in [2.75, 3.05) is 27.3 Å². The minimum atomic E-state index is -2.47. The number of cyclic esters (lactones) is 1. The van der Waals surface area contributed by atoms with Gasteiger partial charge in [0.25, 0.3) is 11.7 Å². The lowest BCUT2D eigenvalue weighted by Gasteiger charge is -2.42. The Kier molecular flexibility index (Phi) is 22.4. The lowest BCUT2D eigenvalue weighted by molar-refractivity contribution is -0.265. The Morgan fingerprint density at radius 2 is 1.65 bits per heavy atom. The molecule has 388 valence electrons. The number of nitrogens with two attached hydrogens (primary N) is 1. The Bertz CT molecular complexity index is 1900. The molecule has 3 aliphatic heterocycles. The van der Waals surface area contributed by atoms with Crippen molar-refractivity contribution in [3.05, 3.63) is 47.6 Å². The fourth-order valence-electron chi connectivity index (χ4n) is 10.1. The van der Waals surface area contributed by atoms with Crippen molar-refractivity contribution < 1.29 is 67.8 Å². The summed E-state index contributed by atoms with van der Waals surface area (Å²) in [7, 11) is 3.07. The number of carbonyl (C=O) groups is 6. The van der Waals surface area contributed by atoms with E-state index < -0.39 is 114 Å². The van der Waals surface area contributed by atoms with Crippen molar-refractivity contribution in [3.8, 4) is 0 Å². The summed E-state index contributed by atoms with van der Waals surface area (Å²) >= 11 is 0. The van der Waals surface area contributed by atoms with E-state index >= 15 is 0 Å². The quantitative estimate of drug-likeness (QED) is 0.128. The van der Waals surface area contributed by atoms with Gasteiger partial charge in [0, 0.05) is 63.9 Å². The van der Waals surface area contributed by atoms with Crippen LogP contribution < -0.4 is 11.1 Å². The van der Waals surface area contributed by atoms with Gasteiger partial charge in [-0.3, -0.25) is 19.2 Å². The van der Waals surface area contributed by atoms with Gasteiger partial charge in [-0.2, -0.15) is 0 Å². The predicted octanol–water partition coefficient (Wildman–Crippen LogP) is 4.97. The van der Waals surface area contributed by atoms with Crippen LogP contribution in [0.4, 0.5) is 4.79 Å². The van der Waals surface area contributed by atoms with E-state index in [0.717, 1.165) is 10.5 Å². The number of hydrogen-bond donors (Lipinski definition) is 5. The molecule has 3 heterocycles. The molecule has 17 nitrogen and oxygen atoms in total. The van der Waals surface area contributed by atoms with Gasteiger partial charge in [-0.15, -0.1) is 0 Å². The first-order valence-electron chi connectivity index (χ1n) is 25.0. The number of alkyl carbamates (subject to hydrolysis) is 1. The lowest BCUT2D eigenvalue weighted by Crippen LogP contribution is -2.61. The molecular formula is C52H81N3O14. The van der Waals surface area contributed by atoms with Crippen LogP contribution in [-0.2, 0) is 47.7 Å². The van der Waals surface area contributed by atoms with Gasteiger partial charge in [0.1, 0.15) is 17.9 Å². The van der Waals surface area contributed by atoms with Crippen LogP contribution in [-0.4, -0.2) is 143 Å². The van der Waals surface area contributed by atoms with E-state index in [4.69, 9.17) is 29.4 Å². The molecule has 2 saturated heterocycles. The van der Waals surface area contributed by atoms with Crippen LogP contribution in [0.15, 0.2) is 47.6 Å². The van der Waals surface area contributed by atoms with Gasteiger partial charge < -0.3 is 55.0 Å². The zero-order chi connectivity index (χ0) is 51.2. The third-order valence-electron chi connectivity index (χ3n) is 14.5. The number of amides is 2. The highest BCUT2D eigenvalue weighted by Gasteiger charge is 2.53. The number of allylic oxidation sites excluding steroid dienone is 6. The molecule has 4 aliphatic rings. The molecule has 0 radical (unpaired) electrons. The van der Waals surface area contributed by atoms with Crippen LogP contribution >= 0.6 is 0 Å². The van der Waals surface area contributed by atoms with Gasteiger partial charge >= 0.3 is 12.1 Å². The zero-order valence-electron chi connectivity index (χ0n) is 42.3.